The zero-order valence-electron chi connectivity index (χ0n) is 14.5. The number of quaternary nitrogens is 1. The van der Waals surface area contributed by atoms with Crippen LogP contribution in [0, 0.1) is 0 Å². The molecule has 1 fully saturated rings. The van der Waals surface area contributed by atoms with Crippen molar-refractivity contribution in [1.82, 2.24) is 0 Å². The van der Waals surface area contributed by atoms with Crippen molar-refractivity contribution in [2.75, 3.05) is 50.6 Å². The number of amides is 1. The first-order valence-corrected chi connectivity index (χ1v) is 9.18. The quantitative estimate of drug-likeness (QED) is 0.819. The lowest BCUT2D eigenvalue weighted by atomic mass is 10.1. The smallest absolute Gasteiger partial charge is 0.259 e. The fourth-order valence-corrected chi connectivity index (χ4v) is 3.39. The van der Waals surface area contributed by atoms with E-state index in [1.165, 1.54) is 4.90 Å². The predicted octanol–water partition coefficient (Wildman–Crippen LogP) is 2.04. The van der Waals surface area contributed by atoms with E-state index < -0.39 is 0 Å². The van der Waals surface area contributed by atoms with Gasteiger partial charge in [0.05, 0.1) is 57.3 Å². The maximum Gasteiger partial charge on any atom is 0.259 e. The summed E-state index contributed by atoms with van der Waals surface area (Å²) in [6.45, 7) is 4.17. The third-order valence-electron chi connectivity index (χ3n) is 4.52. The van der Waals surface area contributed by atoms with Gasteiger partial charge in [0.25, 0.3) is 5.91 Å². The van der Waals surface area contributed by atoms with Crippen LogP contribution in [0.3, 0.4) is 0 Å². The molecule has 2 N–H and O–H groups in total. The first-order chi connectivity index (χ1) is 12.1. The number of carbonyl (C=O) groups is 1. The van der Waals surface area contributed by atoms with Crippen LogP contribution in [0.4, 0.5) is 11.4 Å². The predicted molar refractivity (Wildman–Crippen MR) is 104 cm³/mol. The summed E-state index contributed by atoms with van der Waals surface area (Å²) in [5.74, 6) is 0.381. The molecule has 0 saturated carbocycles. The Hall–Kier alpha value is -2.05. The van der Waals surface area contributed by atoms with Gasteiger partial charge in [-0.1, -0.05) is 28.1 Å². The molecule has 5 nitrogen and oxygen atoms in total. The minimum absolute atomic E-state index is 0.176. The first kappa shape index (κ1) is 17.8. The summed E-state index contributed by atoms with van der Waals surface area (Å²) in [6.07, 6.45) is 0. The molecule has 0 spiro atoms. The van der Waals surface area contributed by atoms with Gasteiger partial charge in [0, 0.05) is 4.47 Å². The molecule has 1 heterocycles. The van der Waals surface area contributed by atoms with E-state index in [9.17, 15) is 4.79 Å². The molecule has 6 heteroatoms. The third-order valence-corrected chi connectivity index (χ3v) is 5.01. The van der Waals surface area contributed by atoms with Crippen LogP contribution in [0.1, 0.15) is 10.4 Å². The van der Waals surface area contributed by atoms with Crippen molar-refractivity contribution >= 4 is 33.2 Å². The van der Waals surface area contributed by atoms with Crippen molar-refractivity contribution in [1.29, 1.82) is 0 Å². The molecule has 2 aromatic carbocycles. The number of ether oxygens (including phenoxy) is 1. The van der Waals surface area contributed by atoms with Gasteiger partial charge in [-0.15, -0.1) is 0 Å². The van der Waals surface area contributed by atoms with E-state index in [4.69, 9.17) is 4.74 Å². The number of halogens is 1. The molecular weight excluding hydrogens is 382 g/mol. The average Bonchev–Trinajstić information content (AvgIpc) is 2.63. The van der Waals surface area contributed by atoms with Crippen molar-refractivity contribution in [3.63, 3.8) is 0 Å². The molecule has 1 aliphatic heterocycles. The van der Waals surface area contributed by atoms with Gasteiger partial charge in [-0.3, -0.25) is 4.79 Å². The molecule has 25 heavy (non-hydrogen) atoms. The second-order valence-corrected chi connectivity index (χ2v) is 7.18. The van der Waals surface area contributed by atoms with E-state index in [1.54, 1.807) is 19.2 Å². The van der Waals surface area contributed by atoms with Gasteiger partial charge in [-0.2, -0.15) is 0 Å². The maximum atomic E-state index is 12.8. The Labute approximate surface area is 156 Å². The minimum Gasteiger partial charge on any atom is -0.496 e. The number of methoxy groups -OCH3 is 1. The topological polar surface area (TPSA) is 46.0 Å². The highest BCUT2D eigenvalue weighted by Gasteiger charge is 2.21. The van der Waals surface area contributed by atoms with E-state index in [2.05, 4.69) is 39.3 Å². The average molecular weight is 405 g/mol. The summed E-state index contributed by atoms with van der Waals surface area (Å²) in [6, 6.07) is 13.4. The minimum atomic E-state index is -0.176. The van der Waals surface area contributed by atoms with Crippen molar-refractivity contribution in [2.24, 2.45) is 0 Å². The molecule has 2 aromatic rings. The Morgan fingerprint density at radius 3 is 2.64 bits per heavy atom. The van der Waals surface area contributed by atoms with Crippen molar-refractivity contribution in [3.8, 4) is 5.75 Å². The monoisotopic (exact) mass is 404 g/mol. The fourth-order valence-electron chi connectivity index (χ4n) is 3.03. The molecule has 0 aliphatic carbocycles. The lowest BCUT2D eigenvalue weighted by Gasteiger charge is -2.33. The molecular formula is C19H23BrN3O2+. The maximum absolute atomic E-state index is 12.8. The van der Waals surface area contributed by atoms with Gasteiger partial charge >= 0.3 is 0 Å². The van der Waals surface area contributed by atoms with E-state index >= 15 is 0 Å². The molecule has 3 rings (SSSR count). The Bertz CT molecular complexity index is 758. The summed E-state index contributed by atoms with van der Waals surface area (Å²) < 4.78 is 6.16. The molecule has 0 aromatic heterocycles. The number of hydrogen-bond donors (Lipinski definition) is 2. The van der Waals surface area contributed by atoms with Gasteiger partial charge in [0.1, 0.15) is 5.75 Å². The number of nitrogens with one attached hydrogen (secondary N) is 2. The molecule has 0 atom stereocenters. The Balaban J connectivity index is 1.84. The third kappa shape index (κ3) is 4.14. The molecule has 1 aliphatic rings. The fraction of sp³-hybridized carbons (Fsp3) is 0.316. The van der Waals surface area contributed by atoms with Crippen LogP contribution in [0.15, 0.2) is 46.9 Å². The molecule has 0 unspecified atom stereocenters. The highest BCUT2D eigenvalue weighted by Crippen LogP contribution is 2.28. The van der Waals surface area contributed by atoms with Crippen LogP contribution in [0.5, 0.6) is 5.75 Å². The van der Waals surface area contributed by atoms with Crippen LogP contribution < -0.4 is 19.9 Å². The van der Waals surface area contributed by atoms with Crippen molar-refractivity contribution in [2.45, 2.75) is 0 Å². The van der Waals surface area contributed by atoms with Gasteiger partial charge < -0.3 is 19.9 Å². The summed E-state index contributed by atoms with van der Waals surface area (Å²) in [5.41, 5.74) is 2.40. The number of hydrogen-bond acceptors (Lipinski definition) is 3. The summed E-state index contributed by atoms with van der Waals surface area (Å²) in [7, 11) is 3.78. The Kier molecular flexibility index (Phi) is 5.60. The number of anilines is 2. The van der Waals surface area contributed by atoms with Crippen LogP contribution in [-0.2, 0) is 0 Å². The number of piperazine rings is 1. The number of carbonyl (C=O) groups excluding carboxylic acids is 1. The molecule has 1 amide bonds. The number of nitrogens with zero attached hydrogens (tertiary/aromatic N) is 1. The molecule has 1 saturated heterocycles. The molecule has 0 bridgehead atoms. The highest BCUT2D eigenvalue weighted by molar-refractivity contribution is 9.10. The summed E-state index contributed by atoms with van der Waals surface area (Å²) in [5, 5.41) is 3.05. The SMILES string of the molecule is COc1ccc(Br)cc1C(=O)Nc1ccccc1N1CC[NH+](C)CC1. The van der Waals surface area contributed by atoms with Gasteiger partial charge in [-0.25, -0.2) is 0 Å². The van der Waals surface area contributed by atoms with E-state index in [0.717, 1.165) is 42.0 Å². The zero-order chi connectivity index (χ0) is 17.8. The van der Waals surface area contributed by atoms with E-state index in [1.807, 2.05) is 24.3 Å². The summed E-state index contributed by atoms with van der Waals surface area (Å²) >= 11 is 3.42. The van der Waals surface area contributed by atoms with Crippen LogP contribution >= 0.6 is 15.9 Å². The van der Waals surface area contributed by atoms with Gasteiger partial charge in [0.2, 0.25) is 0 Å². The molecule has 132 valence electrons. The largest absolute Gasteiger partial charge is 0.496 e. The summed E-state index contributed by atoms with van der Waals surface area (Å²) in [4.78, 5) is 16.7. The first-order valence-electron chi connectivity index (χ1n) is 8.38. The van der Waals surface area contributed by atoms with Crippen molar-refractivity contribution in [3.05, 3.63) is 52.5 Å². The van der Waals surface area contributed by atoms with Crippen molar-refractivity contribution < 1.29 is 14.4 Å². The zero-order valence-corrected chi connectivity index (χ0v) is 16.1. The van der Waals surface area contributed by atoms with Gasteiger partial charge in [-0.05, 0) is 30.3 Å². The van der Waals surface area contributed by atoms with Crippen LogP contribution in [0.25, 0.3) is 0 Å². The number of rotatable bonds is 4. The highest BCUT2D eigenvalue weighted by atomic mass is 79.9. The Morgan fingerprint density at radius 1 is 1.20 bits per heavy atom. The van der Waals surface area contributed by atoms with E-state index in [-0.39, 0.29) is 5.91 Å². The normalized spacial score (nSPS) is 15.1. The number of benzene rings is 2. The number of para-hydroxylation sites is 2. The van der Waals surface area contributed by atoms with Crippen LogP contribution in [-0.4, -0.2) is 46.2 Å². The standard InChI is InChI=1S/C19H22BrN3O2/c1-22-9-11-23(12-10-22)17-6-4-3-5-16(17)21-19(24)15-13-14(20)7-8-18(15)25-2/h3-8,13H,9-12H2,1-2H3,(H,21,24)/p+1. The second-order valence-electron chi connectivity index (χ2n) is 6.26. The van der Waals surface area contributed by atoms with Gasteiger partial charge in [0.15, 0.2) is 0 Å². The van der Waals surface area contributed by atoms with E-state index in [0.29, 0.717) is 11.3 Å². The Morgan fingerprint density at radius 2 is 1.92 bits per heavy atom. The lowest BCUT2D eigenvalue weighted by Crippen LogP contribution is -3.12. The van der Waals surface area contributed by atoms with Crippen LogP contribution in [0.2, 0.25) is 0 Å². The lowest BCUT2D eigenvalue weighted by molar-refractivity contribution is -0.880. The second kappa shape index (κ2) is 7.89. The number of likely N-dealkylation sites (N-methyl/N-ethyl adjacent to an activating group) is 1. The molecule has 0 radical (unpaired) electrons.